The molecule has 1 saturated carbocycles. The summed E-state index contributed by atoms with van der Waals surface area (Å²) in [5, 5.41) is 2.69. The highest BCUT2D eigenvalue weighted by molar-refractivity contribution is 5.79. The Morgan fingerprint density at radius 3 is 2.36 bits per heavy atom. The summed E-state index contributed by atoms with van der Waals surface area (Å²) in [4.78, 5) is 11.1. The van der Waals surface area contributed by atoms with Crippen LogP contribution >= 0.6 is 0 Å². The number of rotatable bonds is 2. The van der Waals surface area contributed by atoms with E-state index in [1.165, 1.54) is 0 Å². The van der Waals surface area contributed by atoms with E-state index in [1.807, 2.05) is 0 Å². The van der Waals surface area contributed by atoms with Crippen molar-refractivity contribution < 1.29 is 4.79 Å². The number of carbonyl (C=O) groups is 1. The van der Waals surface area contributed by atoms with Crippen LogP contribution in [0.5, 0.6) is 0 Å². The molecule has 1 rings (SSSR count). The number of hydrogen-bond donors (Lipinski definition) is 1. The van der Waals surface area contributed by atoms with Gasteiger partial charge in [-0.05, 0) is 24.7 Å². The minimum Gasteiger partial charge on any atom is -0.359 e. The molecule has 0 saturated heterocycles. The molecule has 2 heteroatoms. The van der Waals surface area contributed by atoms with Gasteiger partial charge in [-0.15, -0.1) is 0 Å². The van der Waals surface area contributed by atoms with Crippen molar-refractivity contribution >= 4 is 5.91 Å². The summed E-state index contributed by atoms with van der Waals surface area (Å²) in [7, 11) is 1.71. The van der Waals surface area contributed by atoms with E-state index in [-0.39, 0.29) is 5.91 Å². The van der Waals surface area contributed by atoms with E-state index in [0.717, 1.165) is 24.7 Å². The monoisotopic (exact) mass is 155 g/mol. The Bertz CT molecular complexity index is 148. The molecule has 2 nitrogen and oxygen atoms in total. The van der Waals surface area contributed by atoms with Crippen LogP contribution in [-0.4, -0.2) is 13.0 Å². The summed E-state index contributed by atoms with van der Waals surface area (Å²) in [5.74, 6) is 2.07. The van der Waals surface area contributed by atoms with Gasteiger partial charge in [-0.3, -0.25) is 4.79 Å². The van der Waals surface area contributed by atoms with Gasteiger partial charge in [0, 0.05) is 13.0 Å². The summed E-state index contributed by atoms with van der Waals surface area (Å²) in [6.45, 7) is 4.45. The first-order valence-corrected chi connectivity index (χ1v) is 4.36. The molecule has 1 aliphatic carbocycles. The van der Waals surface area contributed by atoms with Crippen LogP contribution in [-0.2, 0) is 4.79 Å². The maximum absolute atomic E-state index is 11.1. The zero-order valence-corrected chi connectivity index (χ0v) is 7.55. The van der Waals surface area contributed by atoms with Crippen LogP contribution in [0.3, 0.4) is 0 Å². The zero-order chi connectivity index (χ0) is 8.43. The second kappa shape index (κ2) is 3.24. The fourth-order valence-electron chi connectivity index (χ4n) is 1.62. The van der Waals surface area contributed by atoms with Crippen LogP contribution in [0.15, 0.2) is 0 Å². The Hall–Kier alpha value is -0.530. The number of hydrogen-bond acceptors (Lipinski definition) is 1. The molecular weight excluding hydrogens is 138 g/mol. The predicted octanol–water partition coefficient (Wildman–Crippen LogP) is 1.41. The standard InChI is InChI=1S/C9H17NO/c1-6(2)7-4-8(5-7)9(11)10-3/h6-8H,4-5H2,1-3H3,(H,10,11). The summed E-state index contributed by atoms with van der Waals surface area (Å²) in [6, 6.07) is 0. The molecular formula is C9H17NO. The molecule has 1 amide bonds. The lowest BCUT2D eigenvalue weighted by molar-refractivity contribution is -0.129. The van der Waals surface area contributed by atoms with Gasteiger partial charge in [-0.25, -0.2) is 0 Å². The van der Waals surface area contributed by atoms with Crippen molar-refractivity contribution in [2.24, 2.45) is 17.8 Å². The molecule has 1 fully saturated rings. The first kappa shape index (κ1) is 8.57. The van der Waals surface area contributed by atoms with Gasteiger partial charge in [0.05, 0.1) is 0 Å². The first-order valence-electron chi connectivity index (χ1n) is 4.36. The average Bonchev–Trinajstić information content (AvgIpc) is 1.83. The number of amides is 1. The van der Waals surface area contributed by atoms with Crippen LogP contribution in [0.4, 0.5) is 0 Å². The number of carbonyl (C=O) groups excluding carboxylic acids is 1. The molecule has 64 valence electrons. The van der Waals surface area contributed by atoms with Crippen molar-refractivity contribution in [2.75, 3.05) is 7.05 Å². The summed E-state index contributed by atoms with van der Waals surface area (Å²) in [5.41, 5.74) is 0. The fraction of sp³-hybridized carbons (Fsp3) is 0.889. The average molecular weight is 155 g/mol. The van der Waals surface area contributed by atoms with Crippen LogP contribution < -0.4 is 5.32 Å². The second-order valence-corrected chi connectivity index (χ2v) is 3.79. The van der Waals surface area contributed by atoms with Crippen molar-refractivity contribution in [1.82, 2.24) is 5.32 Å². The quantitative estimate of drug-likeness (QED) is 0.642. The number of nitrogens with one attached hydrogen (secondary N) is 1. The highest BCUT2D eigenvalue weighted by Gasteiger charge is 2.35. The lowest BCUT2D eigenvalue weighted by atomic mass is 9.69. The van der Waals surface area contributed by atoms with Crippen molar-refractivity contribution in [1.29, 1.82) is 0 Å². The second-order valence-electron chi connectivity index (χ2n) is 3.79. The third kappa shape index (κ3) is 1.73. The van der Waals surface area contributed by atoms with E-state index in [1.54, 1.807) is 7.05 Å². The van der Waals surface area contributed by atoms with Gasteiger partial charge in [-0.1, -0.05) is 13.8 Å². The third-order valence-electron chi connectivity index (χ3n) is 2.73. The van der Waals surface area contributed by atoms with Gasteiger partial charge in [-0.2, -0.15) is 0 Å². The molecule has 0 unspecified atom stereocenters. The molecule has 0 aromatic carbocycles. The first-order chi connectivity index (χ1) is 5.15. The molecule has 0 radical (unpaired) electrons. The van der Waals surface area contributed by atoms with Crippen LogP contribution in [0.1, 0.15) is 26.7 Å². The normalized spacial score (nSPS) is 29.8. The summed E-state index contributed by atoms with van der Waals surface area (Å²) >= 11 is 0. The van der Waals surface area contributed by atoms with Crippen LogP contribution in [0.2, 0.25) is 0 Å². The minimum atomic E-state index is 0.224. The molecule has 0 heterocycles. The molecule has 1 N–H and O–H groups in total. The molecule has 1 aliphatic rings. The Morgan fingerprint density at radius 2 is 2.00 bits per heavy atom. The van der Waals surface area contributed by atoms with Crippen LogP contribution in [0, 0.1) is 17.8 Å². The molecule has 11 heavy (non-hydrogen) atoms. The van der Waals surface area contributed by atoms with Crippen molar-refractivity contribution in [3.05, 3.63) is 0 Å². The molecule has 0 aliphatic heterocycles. The lowest BCUT2D eigenvalue weighted by Crippen LogP contribution is -2.38. The van der Waals surface area contributed by atoms with E-state index < -0.39 is 0 Å². The van der Waals surface area contributed by atoms with Gasteiger partial charge >= 0.3 is 0 Å². The zero-order valence-electron chi connectivity index (χ0n) is 7.55. The van der Waals surface area contributed by atoms with Crippen molar-refractivity contribution in [3.8, 4) is 0 Å². The Kier molecular flexibility index (Phi) is 2.53. The third-order valence-corrected chi connectivity index (χ3v) is 2.73. The highest BCUT2D eigenvalue weighted by atomic mass is 16.1. The van der Waals surface area contributed by atoms with E-state index in [2.05, 4.69) is 19.2 Å². The van der Waals surface area contributed by atoms with Gasteiger partial charge in [0.25, 0.3) is 0 Å². The Balaban J connectivity index is 2.24. The SMILES string of the molecule is CNC(=O)C1CC(C(C)C)C1. The van der Waals surface area contributed by atoms with Crippen molar-refractivity contribution in [2.45, 2.75) is 26.7 Å². The maximum Gasteiger partial charge on any atom is 0.222 e. The summed E-state index contributed by atoms with van der Waals surface area (Å²) < 4.78 is 0. The van der Waals surface area contributed by atoms with Crippen LogP contribution in [0.25, 0.3) is 0 Å². The van der Waals surface area contributed by atoms with E-state index in [9.17, 15) is 4.79 Å². The maximum atomic E-state index is 11.1. The van der Waals surface area contributed by atoms with E-state index >= 15 is 0 Å². The van der Waals surface area contributed by atoms with Gasteiger partial charge in [0.15, 0.2) is 0 Å². The van der Waals surface area contributed by atoms with E-state index in [0.29, 0.717) is 5.92 Å². The smallest absolute Gasteiger partial charge is 0.222 e. The van der Waals surface area contributed by atoms with Gasteiger partial charge in [0.2, 0.25) is 5.91 Å². The highest BCUT2D eigenvalue weighted by Crippen LogP contribution is 2.38. The molecule has 0 aromatic heterocycles. The predicted molar refractivity (Wildman–Crippen MR) is 45.1 cm³/mol. The minimum absolute atomic E-state index is 0.224. The van der Waals surface area contributed by atoms with Gasteiger partial charge in [0.1, 0.15) is 0 Å². The molecule has 0 aromatic rings. The molecule has 0 bridgehead atoms. The lowest BCUT2D eigenvalue weighted by Gasteiger charge is -2.36. The fourth-order valence-corrected chi connectivity index (χ4v) is 1.62. The van der Waals surface area contributed by atoms with E-state index in [4.69, 9.17) is 0 Å². The Morgan fingerprint density at radius 1 is 1.45 bits per heavy atom. The Labute approximate surface area is 68.4 Å². The summed E-state index contributed by atoms with van der Waals surface area (Å²) in [6.07, 6.45) is 2.19. The molecule has 0 atom stereocenters. The van der Waals surface area contributed by atoms with Crippen molar-refractivity contribution in [3.63, 3.8) is 0 Å². The molecule has 0 spiro atoms. The topological polar surface area (TPSA) is 29.1 Å². The largest absolute Gasteiger partial charge is 0.359 e. The van der Waals surface area contributed by atoms with Gasteiger partial charge < -0.3 is 5.32 Å².